The molecule has 0 aromatic rings. The van der Waals surface area contributed by atoms with Gasteiger partial charge in [0.2, 0.25) is 0 Å². The van der Waals surface area contributed by atoms with Crippen LogP contribution in [0.25, 0.3) is 0 Å². The zero-order valence-corrected chi connectivity index (χ0v) is 8.42. The fourth-order valence-electron chi connectivity index (χ4n) is 0.625. The van der Waals surface area contributed by atoms with Gasteiger partial charge in [0, 0.05) is 20.0 Å². The van der Waals surface area contributed by atoms with Crippen molar-refractivity contribution < 1.29 is 14.9 Å². The number of amides is 1. The Labute approximate surface area is 77.8 Å². The van der Waals surface area contributed by atoms with E-state index in [9.17, 15) is 4.79 Å². The van der Waals surface area contributed by atoms with E-state index in [0.29, 0.717) is 0 Å². The highest BCUT2D eigenvalue weighted by Crippen LogP contribution is 1.90. The molecule has 5 nitrogen and oxygen atoms in total. The number of carbonyl (C=O) groups excluding carboxylic acids is 1. The Morgan fingerprint density at radius 3 is 2.54 bits per heavy atom. The van der Waals surface area contributed by atoms with Crippen LogP contribution in [0.4, 0.5) is 0 Å². The summed E-state index contributed by atoms with van der Waals surface area (Å²) in [5.41, 5.74) is 0.794. The van der Waals surface area contributed by atoms with Gasteiger partial charge in [-0.25, -0.2) is 5.06 Å². The van der Waals surface area contributed by atoms with E-state index < -0.39 is 5.91 Å². The molecule has 0 saturated carbocycles. The molecule has 0 bridgehead atoms. The SMILES string of the molecule is C[NH2+]/C(C)=C\C(=N)C(=O)N(C)OC. The van der Waals surface area contributed by atoms with E-state index in [1.165, 1.54) is 20.2 Å². The number of hydrogen-bond donors (Lipinski definition) is 2. The van der Waals surface area contributed by atoms with E-state index in [4.69, 9.17) is 5.41 Å². The summed E-state index contributed by atoms with van der Waals surface area (Å²) in [7, 11) is 4.70. The lowest BCUT2D eigenvalue weighted by Gasteiger charge is -2.12. The van der Waals surface area contributed by atoms with Gasteiger partial charge in [0.25, 0.3) is 5.91 Å². The number of nitrogens with two attached hydrogens (primary N) is 1. The Morgan fingerprint density at radius 2 is 2.15 bits per heavy atom. The zero-order chi connectivity index (χ0) is 10.4. The van der Waals surface area contributed by atoms with Crippen molar-refractivity contribution in [2.45, 2.75) is 6.92 Å². The normalized spacial score (nSPS) is 11.2. The molecule has 0 fully saturated rings. The summed E-state index contributed by atoms with van der Waals surface area (Å²) in [6.45, 7) is 1.83. The van der Waals surface area contributed by atoms with Crippen LogP contribution in [0.15, 0.2) is 11.8 Å². The lowest BCUT2D eigenvalue weighted by Crippen LogP contribution is -2.76. The van der Waals surface area contributed by atoms with Crippen molar-refractivity contribution in [3.63, 3.8) is 0 Å². The molecule has 0 spiro atoms. The van der Waals surface area contributed by atoms with Gasteiger partial charge < -0.3 is 5.32 Å². The minimum Gasteiger partial charge on any atom is -0.320 e. The first-order chi connectivity index (χ1) is 6.02. The molecule has 0 aliphatic rings. The average molecular weight is 186 g/mol. The summed E-state index contributed by atoms with van der Waals surface area (Å²) in [4.78, 5) is 15.9. The third-order valence-corrected chi connectivity index (χ3v) is 1.62. The van der Waals surface area contributed by atoms with Crippen molar-refractivity contribution in [3.8, 4) is 0 Å². The second kappa shape index (κ2) is 5.45. The number of quaternary nitrogens is 1. The van der Waals surface area contributed by atoms with Crippen LogP contribution < -0.4 is 5.32 Å². The maximum absolute atomic E-state index is 11.2. The van der Waals surface area contributed by atoms with Crippen molar-refractivity contribution in [2.75, 3.05) is 21.2 Å². The van der Waals surface area contributed by atoms with Crippen molar-refractivity contribution in [2.24, 2.45) is 0 Å². The molecule has 0 unspecified atom stereocenters. The number of rotatable bonds is 4. The first-order valence-corrected chi connectivity index (χ1v) is 3.91. The van der Waals surface area contributed by atoms with Crippen LogP contribution in [-0.4, -0.2) is 37.9 Å². The van der Waals surface area contributed by atoms with Gasteiger partial charge in [0.15, 0.2) is 0 Å². The predicted molar refractivity (Wildman–Crippen MR) is 49.1 cm³/mol. The van der Waals surface area contributed by atoms with Gasteiger partial charge in [-0.1, -0.05) is 0 Å². The first-order valence-electron chi connectivity index (χ1n) is 3.91. The number of nitrogens with one attached hydrogen (secondary N) is 1. The molecule has 0 aromatic carbocycles. The molecule has 3 N–H and O–H groups in total. The fourth-order valence-corrected chi connectivity index (χ4v) is 0.625. The molecule has 0 aliphatic carbocycles. The van der Waals surface area contributed by atoms with Gasteiger partial charge in [-0.15, -0.1) is 0 Å². The highest BCUT2D eigenvalue weighted by atomic mass is 16.7. The Bertz CT molecular complexity index is 236. The highest BCUT2D eigenvalue weighted by molar-refractivity contribution is 6.41. The Morgan fingerprint density at radius 1 is 1.62 bits per heavy atom. The van der Waals surface area contributed by atoms with Crippen LogP contribution in [0.3, 0.4) is 0 Å². The second-order valence-electron chi connectivity index (χ2n) is 2.58. The summed E-state index contributed by atoms with van der Waals surface area (Å²) in [6.07, 6.45) is 1.50. The summed E-state index contributed by atoms with van der Waals surface area (Å²) < 4.78 is 0. The molecule has 0 rings (SSSR count). The van der Waals surface area contributed by atoms with E-state index >= 15 is 0 Å². The maximum Gasteiger partial charge on any atom is 0.295 e. The van der Waals surface area contributed by atoms with Crippen molar-refractivity contribution >= 4 is 11.6 Å². The Hall–Kier alpha value is -1.20. The molecular weight excluding hydrogens is 170 g/mol. The van der Waals surface area contributed by atoms with Crippen LogP contribution in [0, 0.1) is 5.41 Å². The van der Waals surface area contributed by atoms with Crippen LogP contribution in [0.1, 0.15) is 6.92 Å². The van der Waals surface area contributed by atoms with Gasteiger partial charge in [-0.2, -0.15) is 0 Å². The third-order valence-electron chi connectivity index (χ3n) is 1.62. The lowest BCUT2D eigenvalue weighted by atomic mass is 10.3. The molecule has 0 aromatic heterocycles. The second-order valence-corrected chi connectivity index (χ2v) is 2.58. The van der Waals surface area contributed by atoms with E-state index in [1.54, 1.807) is 0 Å². The largest absolute Gasteiger partial charge is 0.320 e. The topological polar surface area (TPSA) is 70.0 Å². The molecule has 13 heavy (non-hydrogen) atoms. The molecule has 0 aliphatic heterocycles. The first kappa shape index (κ1) is 11.8. The van der Waals surface area contributed by atoms with Gasteiger partial charge >= 0.3 is 0 Å². The van der Waals surface area contributed by atoms with Crippen LogP contribution >= 0.6 is 0 Å². The van der Waals surface area contributed by atoms with Gasteiger partial charge in [0.1, 0.15) is 11.4 Å². The Balaban J connectivity index is 4.36. The molecule has 74 valence electrons. The van der Waals surface area contributed by atoms with Crippen molar-refractivity contribution in [1.29, 1.82) is 5.41 Å². The summed E-state index contributed by atoms with van der Waals surface area (Å²) in [6, 6.07) is 0. The number of carbonyl (C=O) groups is 1. The van der Waals surface area contributed by atoms with E-state index in [0.717, 1.165) is 10.8 Å². The number of allylic oxidation sites excluding steroid dienone is 1. The average Bonchev–Trinajstić information content (AvgIpc) is 2.14. The smallest absolute Gasteiger partial charge is 0.295 e. The minimum atomic E-state index is -0.455. The van der Waals surface area contributed by atoms with Crippen molar-refractivity contribution in [1.82, 2.24) is 5.06 Å². The molecule has 0 heterocycles. The Kier molecular flexibility index (Phi) is 4.94. The van der Waals surface area contributed by atoms with Gasteiger partial charge in [-0.05, 0) is 0 Å². The molecular formula is C8H16N3O2+. The molecule has 5 heteroatoms. The molecule has 0 saturated heterocycles. The maximum atomic E-state index is 11.2. The predicted octanol–water partition coefficient (Wildman–Crippen LogP) is -0.877. The van der Waals surface area contributed by atoms with E-state index in [1.807, 2.05) is 19.3 Å². The van der Waals surface area contributed by atoms with Crippen LogP contribution in [0.5, 0.6) is 0 Å². The fraction of sp³-hybridized carbons (Fsp3) is 0.500. The third kappa shape index (κ3) is 3.82. The monoisotopic (exact) mass is 186 g/mol. The highest BCUT2D eigenvalue weighted by Gasteiger charge is 2.12. The number of nitrogens with zero attached hydrogens (tertiary/aromatic N) is 1. The van der Waals surface area contributed by atoms with Gasteiger partial charge in [0.05, 0.1) is 14.2 Å². The number of hydroxylamine groups is 2. The summed E-state index contributed by atoms with van der Waals surface area (Å²) in [5, 5.41) is 10.2. The summed E-state index contributed by atoms with van der Waals surface area (Å²) in [5.74, 6) is -0.455. The minimum absolute atomic E-state index is 0.0834. The molecule has 0 atom stereocenters. The zero-order valence-electron chi connectivity index (χ0n) is 8.42. The van der Waals surface area contributed by atoms with Crippen LogP contribution in [0.2, 0.25) is 0 Å². The van der Waals surface area contributed by atoms with Gasteiger partial charge in [-0.3, -0.25) is 15.0 Å². The molecule has 0 radical (unpaired) electrons. The standard InChI is InChI=1S/C8H15N3O2/c1-6(10-2)5-7(9)8(12)11(3)13-4/h5,9-10H,1-4H3/p+1/b6-5-,9-7?. The molecule has 1 amide bonds. The van der Waals surface area contributed by atoms with E-state index in [-0.39, 0.29) is 5.71 Å². The number of hydrogen-bond acceptors (Lipinski definition) is 3. The van der Waals surface area contributed by atoms with Crippen LogP contribution in [-0.2, 0) is 9.63 Å². The summed E-state index contributed by atoms with van der Waals surface area (Å²) >= 11 is 0. The quantitative estimate of drug-likeness (QED) is 0.442. The lowest BCUT2D eigenvalue weighted by molar-refractivity contribution is -0.575. The van der Waals surface area contributed by atoms with E-state index in [2.05, 4.69) is 4.84 Å². The van der Waals surface area contributed by atoms with Crippen molar-refractivity contribution in [3.05, 3.63) is 11.8 Å².